The van der Waals surface area contributed by atoms with E-state index in [4.69, 9.17) is 10.7 Å². The van der Waals surface area contributed by atoms with Gasteiger partial charge in [-0.25, -0.2) is 4.98 Å². The molecule has 0 radical (unpaired) electrons. The van der Waals surface area contributed by atoms with Crippen LogP contribution < -0.4 is 5.73 Å². The summed E-state index contributed by atoms with van der Waals surface area (Å²) in [6, 6.07) is 10.2. The number of benzene rings is 1. The minimum atomic E-state index is 0.550. The van der Waals surface area contributed by atoms with E-state index in [0.29, 0.717) is 12.5 Å². The highest BCUT2D eigenvalue weighted by molar-refractivity contribution is 5.61. The number of rotatable bonds is 4. The van der Waals surface area contributed by atoms with E-state index in [9.17, 15) is 0 Å². The maximum atomic E-state index is 6.29. The summed E-state index contributed by atoms with van der Waals surface area (Å²) >= 11 is 0. The van der Waals surface area contributed by atoms with E-state index in [1.54, 1.807) is 0 Å². The van der Waals surface area contributed by atoms with Crippen molar-refractivity contribution in [2.75, 3.05) is 5.73 Å². The summed E-state index contributed by atoms with van der Waals surface area (Å²) in [5.41, 5.74) is 8.48. The van der Waals surface area contributed by atoms with E-state index < -0.39 is 0 Å². The molecule has 0 unspecified atom stereocenters. The highest BCUT2D eigenvalue weighted by Gasteiger charge is 2.27. The molecule has 1 aliphatic carbocycles. The summed E-state index contributed by atoms with van der Waals surface area (Å²) in [5, 5.41) is 0. The summed E-state index contributed by atoms with van der Waals surface area (Å²) in [5.74, 6) is 2.32. The molecule has 1 aliphatic rings. The van der Waals surface area contributed by atoms with Crippen LogP contribution in [-0.2, 0) is 6.54 Å². The molecule has 0 atom stereocenters. The van der Waals surface area contributed by atoms with E-state index in [2.05, 4.69) is 23.3 Å². The predicted molar refractivity (Wildman–Crippen MR) is 78.9 cm³/mol. The SMILES string of the molecule is C=CCn1c(-c2ccccc2)nc(C2CCC2)c1N. The van der Waals surface area contributed by atoms with Gasteiger partial charge < -0.3 is 10.3 Å². The molecule has 3 rings (SSSR count). The molecule has 3 nitrogen and oxygen atoms in total. The second-order valence-electron chi connectivity index (χ2n) is 5.10. The molecule has 2 aromatic rings. The van der Waals surface area contributed by atoms with Crippen LogP contribution in [0.15, 0.2) is 43.0 Å². The van der Waals surface area contributed by atoms with E-state index in [-0.39, 0.29) is 0 Å². The second kappa shape index (κ2) is 4.92. The van der Waals surface area contributed by atoms with Crippen LogP contribution in [0, 0.1) is 0 Å². The van der Waals surface area contributed by atoms with Gasteiger partial charge in [0.2, 0.25) is 0 Å². The van der Waals surface area contributed by atoms with E-state index in [0.717, 1.165) is 22.9 Å². The average Bonchev–Trinajstić information content (AvgIpc) is 2.68. The highest BCUT2D eigenvalue weighted by atomic mass is 15.1. The number of hydrogen-bond donors (Lipinski definition) is 1. The topological polar surface area (TPSA) is 43.8 Å². The number of nitrogens with zero attached hydrogens (tertiary/aromatic N) is 2. The normalized spacial score (nSPS) is 15.2. The molecule has 0 amide bonds. The molecule has 1 aromatic carbocycles. The van der Waals surface area contributed by atoms with Crippen LogP contribution in [0.5, 0.6) is 0 Å². The molecule has 1 aromatic heterocycles. The third kappa shape index (κ3) is 2.05. The van der Waals surface area contributed by atoms with Gasteiger partial charge in [-0.1, -0.05) is 42.8 Å². The highest BCUT2D eigenvalue weighted by Crippen LogP contribution is 2.40. The van der Waals surface area contributed by atoms with Gasteiger partial charge in [0.25, 0.3) is 0 Å². The minimum Gasteiger partial charge on any atom is -0.384 e. The van der Waals surface area contributed by atoms with Gasteiger partial charge in [-0.05, 0) is 12.8 Å². The monoisotopic (exact) mass is 253 g/mol. The summed E-state index contributed by atoms with van der Waals surface area (Å²) in [6.45, 7) is 4.52. The molecule has 1 saturated carbocycles. The second-order valence-corrected chi connectivity index (χ2v) is 5.10. The van der Waals surface area contributed by atoms with Gasteiger partial charge in [0.1, 0.15) is 11.6 Å². The summed E-state index contributed by atoms with van der Waals surface area (Å²) in [7, 11) is 0. The first kappa shape index (κ1) is 12.0. The molecular weight excluding hydrogens is 234 g/mol. The number of hydrogen-bond acceptors (Lipinski definition) is 2. The summed E-state index contributed by atoms with van der Waals surface area (Å²) in [6.07, 6.45) is 5.58. The van der Waals surface area contributed by atoms with Crippen LogP contribution >= 0.6 is 0 Å². The molecule has 2 N–H and O–H groups in total. The molecule has 0 saturated heterocycles. The maximum Gasteiger partial charge on any atom is 0.142 e. The Morgan fingerprint density at radius 2 is 2.05 bits per heavy atom. The lowest BCUT2D eigenvalue weighted by molar-refractivity contribution is 0.413. The largest absolute Gasteiger partial charge is 0.384 e. The van der Waals surface area contributed by atoms with Crippen molar-refractivity contribution >= 4 is 5.82 Å². The Hall–Kier alpha value is -2.03. The van der Waals surface area contributed by atoms with Gasteiger partial charge in [-0.2, -0.15) is 0 Å². The van der Waals surface area contributed by atoms with Crippen molar-refractivity contribution < 1.29 is 0 Å². The molecule has 1 fully saturated rings. The lowest BCUT2D eigenvalue weighted by atomic mass is 9.83. The zero-order valence-corrected chi connectivity index (χ0v) is 11.0. The third-order valence-corrected chi connectivity index (χ3v) is 3.87. The van der Waals surface area contributed by atoms with Crippen molar-refractivity contribution in [2.45, 2.75) is 31.7 Å². The van der Waals surface area contributed by atoms with Crippen LogP contribution in [0.25, 0.3) is 11.4 Å². The van der Waals surface area contributed by atoms with Crippen molar-refractivity contribution in [3.8, 4) is 11.4 Å². The first-order valence-corrected chi connectivity index (χ1v) is 6.83. The molecule has 19 heavy (non-hydrogen) atoms. The number of nitrogen functional groups attached to an aromatic ring is 1. The minimum absolute atomic E-state index is 0.550. The Balaban J connectivity index is 2.09. The first-order valence-electron chi connectivity index (χ1n) is 6.83. The smallest absolute Gasteiger partial charge is 0.142 e. The number of allylic oxidation sites excluding steroid dienone is 1. The molecule has 0 spiro atoms. The molecular formula is C16H19N3. The van der Waals surface area contributed by atoms with Crippen LogP contribution in [0.2, 0.25) is 0 Å². The summed E-state index contributed by atoms with van der Waals surface area (Å²) < 4.78 is 2.07. The van der Waals surface area contributed by atoms with E-state index in [1.165, 1.54) is 19.3 Å². The van der Waals surface area contributed by atoms with Crippen LogP contribution in [-0.4, -0.2) is 9.55 Å². The van der Waals surface area contributed by atoms with Crippen molar-refractivity contribution in [1.82, 2.24) is 9.55 Å². The van der Waals surface area contributed by atoms with Gasteiger partial charge in [-0.3, -0.25) is 0 Å². The number of aromatic nitrogens is 2. The van der Waals surface area contributed by atoms with Gasteiger partial charge in [0.15, 0.2) is 0 Å². The summed E-state index contributed by atoms with van der Waals surface area (Å²) in [4.78, 5) is 4.81. The maximum absolute atomic E-state index is 6.29. The van der Waals surface area contributed by atoms with E-state index in [1.807, 2.05) is 24.3 Å². The van der Waals surface area contributed by atoms with Crippen molar-refractivity contribution in [1.29, 1.82) is 0 Å². The quantitative estimate of drug-likeness (QED) is 0.846. The lowest BCUT2D eigenvalue weighted by Gasteiger charge is -2.23. The Bertz CT molecular complexity index is 580. The van der Waals surface area contributed by atoms with Gasteiger partial charge >= 0.3 is 0 Å². The van der Waals surface area contributed by atoms with Gasteiger partial charge in [0, 0.05) is 18.0 Å². The predicted octanol–water partition coefficient (Wildman–Crippen LogP) is 3.59. The Morgan fingerprint density at radius 3 is 2.63 bits per heavy atom. The van der Waals surface area contributed by atoms with Crippen LogP contribution in [0.3, 0.4) is 0 Å². The van der Waals surface area contributed by atoms with Gasteiger partial charge in [0.05, 0.1) is 5.69 Å². The van der Waals surface area contributed by atoms with Crippen LogP contribution in [0.4, 0.5) is 5.82 Å². The number of anilines is 1. The first-order chi connectivity index (χ1) is 9.31. The third-order valence-electron chi connectivity index (χ3n) is 3.87. The Kier molecular flexibility index (Phi) is 3.11. The fraction of sp³-hybridized carbons (Fsp3) is 0.312. The van der Waals surface area contributed by atoms with Crippen molar-refractivity contribution in [3.63, 3.8) is 0 Å². The average molecular weight is 253 g/mol. The molecule has 0 aliphatic heterocycles. The molecule has 98 valence electrons. The lowest BCUT2D eigenvalue weighted by Crippen LogP contribution is -2.12. The van der Waals surface area contributed by atoms with Gasteiger partial charge in [-0.15, -0.1) is 6.58 Å². The molecule has 1 heterocycles. The fourth-order valence-electron chi connectivity index (χ4n) is 2.59. The zero-order chi connectivity index (χ0) is 13.2. The van der Waals surface area contributed by atoms with Crippen molar-refractivity contribution in [3.05, 3.63) is 48.7 Å². The molecule has 0 bridgehead atoms. The van der Waals surface area contributed by atoms with Crippen LogP contribution in [0.1, 0.15) is 30.9 Å². The Morgan fingerprint density at radius 1 is 1.32 bits per heavy atom. The fourth-order valence-corrected chi connectivity index (χ4v) is 2.59. The Labute approximate surface area is 113 Å². The number of nitrogens with two attached hydrogens (primary N) is 1. The standard InChI is InChI=1S/C16H19N3/c1-2-11-19-15(17)14(12-9-6-10-12)18-16(19)13-7-4-3-5-8-13/h2-5,7-8,12H,1,6,9-11,17H2. The molecule has 3 heteroatoms. The van der Waals surface area contributed by atoms with Crippen molar-refractivity contribution in [2.24, 2.45) is 0 Å². The number of imidazole rings is 1. The zero-order valence-electron chi connectivity index (χ0n) is 11.0. The van der Waals surface area contributed by atoms with E-state index >= 15 is 0 Å².